The summed E-state index contributed by atoms with van der Waals surface area (Å²) in [5.74, 6) is -0.233. The first-order valence-electron chi connectivity index (χ1n) is 9.89. The molecule has 0 bridgehead atoms. The Balaban J connectivity index is 1.57. The monoisotopic (exact) mass is 459 g/mol. The van der Waals surface area contributed by atoms with Crippen molar-refractivity contribution in [2.24, 2.45) is 0 Å². The second-order valence-electron chi connectivity index (χ2n) is 7.05. The van der Waals surface area contributed by atoms with E-state index in [4.69, 9.17) is 9.84 Å². The molecule has 0 aliphatic rings. The largest absolute Gasteiger partial charge is 0.492 e. The van der Waals surface area contributed by atoms with Gasteiger partial charge in [-0.25, -0.2) is 13.2 Å². The van der Waals surface area contributed by atoms with E-state index in [0.29, 0.717) is 30.0 Å². The second kappa shape index (κ2) is 10.6. The Morgan fingerprint density at radius 3 is 2.39 bits per heavy atom. The minimum Gasteiger partial charge on any atom is -0.492 e. The van der Waals surface area contributed by atoms with Crippen molar-refractivity contribution in [3.05, 3.63) is 76.5 Å². The summed E-state index contributed by atoms with van der Waals surface area (Å²) in [6, 6.07) is 20.9. The quantitative estimate of drug-likeness (QED) is 0.460. The number of carboxylic acids is 1. The van der Waals surface area contributed by atoms with Crippen LogP contribution in [0.5, 0.6) is 5.75 Å². The molecule has 1 aromatic heterocycles. The zero-order valence-electron chi connectivity index (χ0n) is 17.2. The van der Waals surface area contributed by atoms with Gasteiger partial charge in [0.05, 0.1) is 6.26 Å². The number of ether oxygens (including phenoxy) is 1. The summed E-state index contributed by atoms with van der Waals surface area (Å²) in [4.78, 5) is 12.2. The number of para-hydroxylation sites is 1. The predicted molar refractivity (Wildman–Crippen MR) is 123 cm³/mol. The maximum atomic E-state index is 12.2. The van der Waals surface area contributed by atoms with E-state index in [1.54, 1.807) is 12.1 Å². The lowest BCUT2D eigenvalue weighted by Gasteiger charge is -2.20. The molecule has 0 aliphatic carbocycles. The highest BCUT2D eigenvalue weighted by Gasteiger charge is 2.17. The van der Waals surface area contributed by atoms with E-state index < -0.39 is 16.0 Å². The van der Waals surface area contributed by atoms with Crippen molar-refractivity contribution < 1.29 is 23.1 Å². The third-order valence-corrected chi connectivity index (χ3v) is 7.18. The van der Waals surface area contributed by atoms with Crippen LogP contribution in [0.1, 0.15) is 21.0 Å². The number of sulfonamides is 1. The Morgan fingerprint density at radius 1 is 1.00 bits per heavy atom. The summed E-state index contributed by atoms with van der Waals surface area (Å²) in [7, 11) is -3.38. The van der Waals surface area contributed by atoms with Gasteiger partial charge in [0, 0.05) is 23.5 Å². The Kier molecular flexibility index (Phi) is 7.84. The lowest BCUT2D eigenvalue weighted by atomic mass is 10.1. The van der Waals surface area contributed by atoms with Gasteiger partial charge in [-0.1, -0.05) is 48.5 Å². The maximum absolute atomic E-state index is 12.2. The molecule has 1 heterocycles. The average Bonchev–Trinajstić information content (AvgIpc) is 3.22. The van der Waals surface area contributed by atoms with E-state index in [-0.39, 0.29) is 13.2 Å². The zero-order valence-corrected chi connectivity index (χ0v) is 18.9. The molecule has 0 amide bonds. The van der Waals surface area contributed by atoms with Crippen LogP contribution >= 0.6 is 11.3 Å². The highest BCUT2D eigenvalue weighted by atomic mass is 32.2. The van der Waals surface area contributed by atoms with Gasteiger partial charge in [-0.2, -0.15) is 4.31 Å². The standard InChI is InChI=1S/C23H25NO5S2/c1-31(27,28)24(15-7-10-19-13-14-22(30-19)23(25)26)16-17-29-21-12-6-5-11-20(21)18-8-3-2-4-9-18/h2-6,8-9,11-14H,7,10,15-17H2,1H3,(H,25,26). The Labute approximate surface area is 186 Å². The highest BCUT2D eigenvalue weighted by molar-refractivity contribution is 7.88. The molecule has 0 spiro atoms. The number of hydrogen-bond acceptors (Lipinski definition) is 5. The molecule has 3 rings (SSSR count). The summed E-state index contributed by atoms with van der Waals surface area (Å²) < 4.78 is 31.7. The molecule has 1 N–H and O–H groups in total. The van der Waals surface area contributed by atoms with Crippen LogP contribution in [0, 0.1) is 0 Å². The van der Waals surface area contributed by atoms with E-state index in [9.17, 15) is 13.2 Å². The van der Waals surface area contributed by atoms with Crippen LogP contribution in [0.15, 0.2) is 66.7 Å². The molecule has 0 saturated heterocycles. The lowest BCUT2D eigenvalue weighted by molar-refractivity contribution is 0.0702. The first kappa shape index (κ1) is 23.0. The first-order chi connectivity index (χ1) is 14.8. The van der Waals surface area contributed by atoms with E-state index >= 15 is 0 Å². The second-order valence-corrected chi connectivity index (χ2v) is 10.2. The third kappa shape index (κ3) is 6.65. The van der Waals surface area contributed by atoms with Crippen LogP contribution in [0.25, 0.3) is 11.1 Å². The van der Waals surface area contributed by atoms with Gasteiger partial charge in [0.15, 0.2) is 0 Å². The van der Waals surface area contributed by atoms with E-state index in [2.05, 4.69) is 0 Å². The molecule has 0 fully saturated rings. The molecule has 31 heavy (non-hydrogen) atoms. The molecule has 0 unspecified atom stereocenters. The number of hydrogen-bond donors (Lipinski definition) is 1. The number of carbonyl (C=O) groups is 1. The molecule has 6 nitrogen and oxygen atoms in total. The van der Waals surface area contributed by atoms with Crippen molar-refractivity contribution >= 4 is 27.3 Å². The summed E-state index contributed by atoms with van der Waals surface area (Å²) in [5.41, 5.74) is 2.00. The van der Waals surface area contributed by atoms with Crippen molar-refractivity contribution in [1.29, 1.82) is 0 Å². The van der Waals surface area contributed by atoms with Crippen LogP contribution in [-0.4, -0.2) is 49.8 Å². The molecule has 0 aliphatic heterocycles. The molecule has 0 radical (unpaired) electrons. The van der Waals surface area contributed by atoms with Gasteiger partial charge in [0.2, 0.25) is 10.0 Å². The minimum atomic E-state index is -3.38. The molecule has 3 aromatic rings. The number of thiophene rings is 1. The van der Waals surface area contributed by atoms with Crippen LogP contribution in [-0.2, 0) is 16.4 Å². The average molecular weight is 460 g/mol. The summed E-state index contributed by atoms with van der Waals surface area (Å²) >= 11 is 1.22. The Bertz CT molecular complexity index is 1110. The van der Waals surface area contributed by atoms with Crippen LogP contribution < -0.4 is 4.74 Å². The van der Waals surface area contributed by atoms with Crippen molar-refractivity contribution in [2.75, 3.05) is 26.0 Å². The fourth-order valence-electron chi connectivity index (χ4n) is 3.21. The number of carboxylic acid groups (broad SMARTS) is 1. The SMILES string of the molecule is CS(=O)(=O)N(CCCc1ccc(C(=O)O)s1)CCOc1ccccc1-c1ccccc1. The number of rotatable bonds is 11. The van der Waals surface area contributed by atoms with Crippen LogP contribution in [0.2, 0.25) is 0 Å². The van der Waals surface area contributed by atoms with E-state index in [1.165, 1.54) is 21.9 Å². The Hall–Kier alpha value is -2.68. The molecule has 2 aromatic carbocycles. The summed E-state index contributed by atoms with van der Waals surface area (Å²) in [6.45, 7) is 0.828. The molecule has 0 saturated carbocycles. The minimum absolute atomic E-state index is 0.235. The summed E-state index contributed by atoms with van der Waals surface area (Å²) in [5, 5.41) is 9.01. The first-order valence-corrected chi connectivity index (χ1v) is 12.6. The number of aromatic carboxylic acids is 1. The number of aryl methyl sites for hydroxylation is 1. The smallest absolute Gasteiger partial charge is 0.345 e. The number of benzene rings is 2. The number of nitrogens with zero attached hydrogens (tertiary/aromatic N) is 1. The molecular weight excluding hydrogens is 434 g/mol. The molecule has 0 atom stereocenters. The molecular formula is C23H25NO5S2. The van der Waals surface area contributed by atoms with E-state index in [0.717, 1.165) is 16.0 Å². The van der Waals surface area contributed by atoms with Gasteiger partial charge in [-0.15, -0.1) is 11.3 Å². The molecule has 164 valence electrons. The van der Waals surface area contributed by atoms with Crippen molar-refractivity contribution in [2.45, 2.75) is 12.8 Å². The van der Waals surface area contributed by atoms with Crippen molar-refractivity contribution in [1.82, 2.24) is 4.31 Å². The third-order valence-electron chi connectivity index (χ3n) is 4.74. The van der Waals surface area contributed by atoms with Gasteiger partial charge < -0.3 is 9.84 Å². The van der Waals surface area contributed by atoms with Gasteiger partial charge in [0.1, 0.15) is 17.2 Å². The van der Waals surface area contributed by atoms with Crippen LogP contribution in [0.4, 0.5) is 0 Å². The van der Waals surface area contributed by atoms with Gasteiger partial charge in [-0.3, -0.25) is 0 Å². The fourth-order valence-corrected chi connectivity index (χ4v) is 4.96. The topological polar surface area (TPSA) is 83.9 Å². The predicted octanol–water partition coefficient (Wildman–Crippen LogP) is 4.39. The fraction of sp³-hybridized carbons (Fsp3) is 0.261. The highest BCUT2D eigenvalue weighted by Crippen LogP contribution is 2.29. The van der Waals surface area contributed by atoms with E-state index in [1.807, 2.05) is 54.6 Å². The van der Waals surface area contributed by atoms with Gasteiger partial charge in [-0.05, 0) is 36.6 Å². The Morgan fingerprint density at radius 2 is 1.71 bits per heavy atom. The maximum Gasteiger partial charge on any atom is 0.345 e. The lowest BCUT2D eigenvalue weighted by Crippen LogP contribution is -2.34. The molecule has 8 heteroatoms. The van der Waals surface area contributed by atoms with Crippen molar-refractivity contribution in [3.8, 4) is 16.9 Å². The summed E-state index contributed by atoms with van der Waals surface area (Å²) in [6.07, 6.45) is 2.42. The van der Waals surface area contributed by atoms with Gasteiger partial charge in [0.25, 0.3) is 0 Å². The van der Waals surface area contributed by atoms with Gasteiger partial charge >= 0.3 is 5.97 Å². The van der Waals surface area contributed by atoms with Crippen LogP contribution in [0.3, 0.4) is 0 Å². The zero-order chi connectivity index (χ0) is 22.3. The normalized spacial score (nSPS) is 11.5. The van der Waals surface area contributed by atoms with Crippen molar-refractivity contribution in [3.63, 3.8) is 0 Å².